The number of anilines is 1. The number of halogens is 2. The number of nitrogens with one attached hydrogen (secondary N) is 1. The third-order valence-electron chi connectivity index (χ3n) is 6.04. The molecule has 30 heavy (non-hydrogen) atoms. The van der Waals surface area contributed by atoms with Gasteiger partial charge in [-0.05, 0) is 56.5 Å². The Bertz CT molecular complexity index is 996. The summed E-state index contributed by atoms with van der Waals surface area (Å²) >= 11 is 0. The van der Waals surface area contributed by atoms with Crippen molar-refractivity contribution in [3.63, 3.8) is 0 Å². The molecule has 1 N–H and O–H groups in total. The topological polar surface area (TPSA) is 56.1 Å². The van der Waals surface area contributed by atoms with E-state index in [2.05, 4.69) is 10.4 Å². The van der Waals surface area contributed by atoms with E-state index in [1.807, 2.05) is 26.1 Å². The number of nitrogens with zero attached hydrogens (tertiary/aromatic N) is 2. The van der Waals surface area contributed by atoms with E-state index in [1.165, 1.54) is 30.3 Å². The minimum absolute atomic E-state index is 0.131. The lowest BCUT2D eigenvalue weighted by molar-refractivity contribution is -0.118. The van der Waals surface area contributed by atoms with E-state index in [-0.39, 0.29) is 35.8 Å². The van der Waals surface area contributed by atoms with E-state index in [9.17, 15) is 13.6 Å². The van der Waals surface area contributed by atoms with Crippen molar-refractivity contribution in [3.8, 4) is 5.75 Å². The van der Waals surface area contributed by atoms with E-state index in [4.69, 9.17) is 4.74 Å². The molecule has 3 atom stereocenters. The molecular formula is C23H25F2N3O2. The highest BCUT2D eigenvalue weighted by Crippen LogP contribution is 2.60. The molecule has 158 valence electrons. The molecule has 5 nitrogen and oxygen atoms in total. The van der Waals surface area contributed by atoms with Crippen LogP contribution in [0.25, 0.3) is 0 Å². The number of rotatable bonds is 7. The zero-order chi connectivity index (χ0) is 21.3. The number of benzene rings is 1. The van der Waals surface area contributed by atoms with Gasteiger partial charge in [0.15, 0.2) is 5.75 Å². The fraction of sp³-hybridized carbons (Fsp3) is 0.391. The molecule has 2 aromatic rings. The van der Waals surface area contributed by atoms with Gasteiger partial charge in [-0.15, -0.1) is 0 Å². The summed E-state index contributed by atoms with van der Waals surface area (Å²) in [6.45, 7) is 4.91. The van der Waals surface area contributed by atoms with Crippen LogP contribution in [0, 0.1) is 30.0 Å². The molecule has 4 rings (SSSR count). The zero-order valence-electron chi connectivity index (χ0n) is 17.1. The summed E-state index contributed by atoms with van der Waals surface area (Å²) < 4.78 is 35.0. The molecule has 1 aromatic heterocycles. The molecule has 1 aromatic carbocycles. The lowest BCUT2D eigenvalue weighted by atomic mass is 9.82. The monoisotopic (exact) mass is 413 g/mol. The van der Waals surface area contributed by atoms with Gasteiger partial charge in [-0.2, -0.15) is 5.10 Å². The Morgan fingerprint density at radius 3 is 2.77 bits per heavy atom. The largest absolute Gasteiger partial charge is 0.489 e. The fourth-order valence-electron chi connectivity index (χ4n) is 4.16. The molecular weight excluding hydrogens is 388 g/mol. The Balaban J connectivity index is 1.51. The van der Waals surface area contributed by atoms with Crippen molar-refractivity contribution in [2.24, 2.45) is 17.3 Å². The highest BCUT2D eigenvalue weighted by molar-refractivity contribution is 5.95. The summed E-state index contributed by atoms with van der Waals surface area (Å²) in [5.41, 5.74) is 0.825. The van der Waals surface area contributed by atoms with Crippen molar-refractivity contribution in [2.75, 3.05) is 11.9 Å². The Morgan fingerprint density at radius 1 is 1.33 bits per heavy atom. The highest BCUT2D eigenvalue weighted by atomic mass is 19.1. The number of allylic oxidation sites excluding steroid dienone is 4. The molecule has 1 fully saturated rings. The van der Waals surface area contributed by atoms with Crippen molar-refractivity contribution in [3.05, 3.63) is 66.0 Å². The average Bonchev–Trinajstić information content (AvgIpc) is 3.37. The molecule has 7 heteroatoms. The van der Waals surface area contributed by atoms with Crippen LogP contribution in [0.15, 0.2) is 54.5 Å². The standard InChI is InChI=1S/C23H25F2N3O2/c1-3-28-13-21(15(2)27-28)30-14-23(16-5-4-6-18(25)11-16)12-20(23)22(29)26-19-9-7-17(24)8-10-19/h4-10,13,16,20H,3,11-12,14H2,1-2H3,(H,26,29)/t16?,20-,23+/m0/s1. The van der Waals surface area contributed by atoms with Crippen LogP contribution >= 0.6 is 0 Å². The fourth-order valence-corrected chi connectivity index (χ4v) is 4.16. The van der Waals surface area contributed by atoms with Crippen LogP contribution in [0.3, 0.4) is 0 Å². The molecule has 1 amide bonds. The smallest absolute Gasteiger partial charge is 0.228 e. The summed E-state index contributed by atoms with van der Waals surface area (Å²) in [7, 11) is 0. The van der Waals surface area contributed by atoms with Gasteiger partial charge < -0.3 is 10.1 Å². The minimum Gasteiger partial charge on any atom is -0.489 e. The quantitative estimate of drug-likeness (QED) is 0.709. The van der Waals surface area contributed by atoms with Gasteiger partial charge in [-0.1, -0.05) is 12.2 Å². The Hall–Kier alpha value is -2.96. The molecule has 2 aliphatic carbocycles. The lowest BCUT2D eigenvalue weighted by Crippen LogP contribution is -2.29. The minimum atomic E-state index is -0.493. The lowest BCUT2D eigenvalue weighted by Gasteiger charge is -2.27. The van der Waals surface area contributed by atoms with Gasteiger partial charge in [-0.25, -0.2) is 8.78 Å². The zero-order valence-corrected chi connectivity index (χ0v) is 17.1. The van der Waals surface area contributed by atoms with Crippen molar-refractivity contribution in [1.82, 2.24) is 9.78 Å². The number of aryl methyl sites for hydroxylation is 2. The van der Waals surface area contributed by atoms with Crippen LogP contribution in [0.1, 0.15) is 25.5 Å². The van der Waals surface area contributed by atoms with Gasteiger partial charge in [-0.3, -0.25) is 9.48 Å². The van der Waals surface area contributed by atoms with Gasteiger partial charge in [0.2, 0.25) is 5.91 Å². The summed E-state index contributed by atoms with van der Waals surface area (Å²) in [5, 5.41) is 7.24. The van der Waals surface area contributed by atoms with E-state index in [0.717, 1.165) is 12.2 Å². The summed E-state index contributed by atoms with van der Waals surface area (Å²) in [6.07, 6.45) is 7.82. The molecule has 1 unspecified atom stereocenters. The molecule has 0 aliphatic heterocycles. The van der Waals surface area contributed by atoms with Crippen LogP contribution < -0.4 is 10.1 Å². The third kappa shape index (κ3) is 4.01. The second kappa shape index (κ2) is 8.05. The van der Waals surface area contributed by atoms with E-state index >= 15 is 0 Å². The van der Waals surface area contributed by atoms with Crippen LogP contribution in [-0.4, -0.2) is 22.3 Å². The summed E-state index contributed by atoms with van der Waals surface area (Å²) in [6, 6.07) is 5.66. The van der Waals surface area contributed by atoms with Gasteiger partial charge in [0, 0.05) is 30.0 Å². The number of ether oxygens (including phenoxy) is 1. The van der Waals surface area contributed by atoms with Gasteiger partial charge in [0.1, 0.15) is 17.3 Å². The Labute approximate surface area is 174 Å². The first-order chi connectivity index (χ1) is 14.4. The second-order valence-corrected chi connectivity index (χ2v) is 8.02. The predicted molar refractivity (Wildman–Crippen MR) is 110 cm³/mol. The summed E-state index contributed by atoms with van der Waals surface area (Å²) in [5.74, 6) is -0.481. The maximum Gasteiger partial charge on any atom is 0.228 e. The Morgan fingerprint density at radius 2 is 2.10 bits per heavy atom. The van der Waals surface area contributed by atoms with E-state index in [0.29, 0.717) is 24.5 Å². The van der Waals surface area contributed by atoms with Crippen molar-refractivity contribution in [1.29, 1.82) is 0 Å². The second-order valence-electron chi connectivity index (χ2n) is 8.02. The number of aromatic nitrogens is 2. The normalized spacial score (nSPS) is 25.0. The molecule has 0 spiro atoms. The van der Waals surface area contributed by atoms with Crippen LogP contribution in [0.5, 0.6) is 5.75 Å². The molecule has 0 bridgehead atoms. The maximum absolute atomic E-state index is 14.0. The number of carbonyl (C=O) groups is 1. The third-order valence-corrected chi connectivity index (χ3v) is 6.04. The molecule has 0 saturated heterocycles. The molecule has 1 heterocycles. The average molecular weight is 413 g/mol. The van der Waals surface area contributed by atoms with Crippen LogP contribution in [0.2, 0.25) is 0 Å². The van der Waals surface area contributed by atoms with Crippen molar-refractivity contribution < 1.29 is 18.3 Å². The molecule has 1 saturated carbocycles. The maximum atomic E-state index is 14.0. The Kier molecular flexibility index (Phi) is 5.45. The van der Waals surface area contributed by atoms with Gasteiger partial charge in [0.05, 0.1) is 12.8 Å². The highest BCUT2D eigenvalue weighted by Gasteiger charge is 2.62. The first-order valence-corrected chi connectivity index (χ1v) is 10.2. The predicted octanol–water partition coefficient (Wildman–Crippen LogP) is 4.80. The SMILES string of the molecule is CCn1cc(OC[C@@]2(C3C=CC=C(F)C3)C[C@H]2C(=O)Nc2ccc(F)cc2)c(C)n1. The number of carbonyl (C=O) groups excluding carboxylic acids is 1. The first kappa shape index (κ1) is 20.3. The molecule has 2 aliphatic rings. The number of amides is 1. The van der Waals surface area contributed by atoms with Crippen molar-refractivity contribution >= 4 is 11.6 Å². The number of hydrogen-bond donors (Lipinski definition) is 1. The van der Waals surface area contributed by atoms with Gasteiger partial charge in [0.25, 0.3) is 0 Å². The van der Waals surface area contributed by atoms with Crippen LogP contribution in [-0.2, 0) is 11.3 Å². The summed E-state index contributed by atoms with van der Waals surface area (Å²) in [4.78, 5) is 12.9. The van der Waals surface area contributed by atoms with Crippen molar-refractivity contribution in [2.45, 2.75) is 33.2 Å². The van der Waals surface area contributed by atoms with E-state index in [1.54, 1.807) is 10.8 Å². The van der Waals surface area contributed by atoms with E-state index < -0.39 is 5.41 Å². The number of hydrogen-bond acceptors (Lipinski definition) is 3. The van der Waals surface area contributed by atoms with Crippen LogP contribution in [0.4, 0.5) is 14.5 Å². The van der Waals surface area contributed by atoms with Gasteiger partial charge >= 0.3 is 0 Å². The molecule has 0 radical (unpaired) electrons. The first-order valence-electron chi connectivity index (χ1n) is 10.2.